The van der Waals surface area contributed by atoms with E-state index in [0.29, 0.717) is 17.9 Å². The van der Waals surface area contributed by atoms with Crippen LogP contribution in [0.25, 0.3) is 0 Å². The zero-order valence-corrected chi connectivity index (χ0v) is 12.1. The molecule has 0 spiro atoms. The van der Waals surface area contributed by atoms with E-state index in [-0.39, 0.29) is 5.97 Å². The summed E-state index contributed by atoms with van der Waals surface area (Å²) in [5, 5.41) is 0. The van der Waals surface area contributed by atoms with Gasteiger partial charge in [-0.1, -0.05) is 13.3 Å². The number of benzene rings is 1. The quantitative estimate of drug-likeness (QED) is 0.607. The first kappa shape index (κ1) is 15.3. The molecule has 0 amide bonds. The van der Waals surface area contributed by atoms with E-state index < -0.39 is 0 Å². The lowest BCUT2D eigenvalue weighted by Gasteiger charge is -2.25. The van der Waals surface area contributed by atoms with Gasteiger partial charge in [0.15, 0.2) is 0 Å². The molecule has 1 aromatic rings. The van der Waals surface area contributed by atoms with Gasteiger partial charge in [0.05, 0.1) is 23.5 Å². The molecule has 0 heterocycles. The van der Waals surface area contributed by atoms with Gasteiger partial charge >= 0.3 is 5.97 Å². The molecule has 4 heteroatoms. The standard InChI is InChI=1S/C15H24N2O2/c1-4-7-10-17(5-2)14-11-12(8-9-13(14)16)15(18)19-6-3/h8-9,11H,4-7,10,16H2,1-3H3. The fourth-order valence-corrected chi connectivity index (χ4v) is 1.96. The molecule has 0 bridgehead atoms. The van der Waals surface area contributed by atoms with E-state index in [2.05, 4.69) is 18.7 Å². The third-order valence-electron chi connectivity index (χ3n) is 3.05. The Balaban J connectivity index is 2.97. The summed E-state index contributed by atoms with van der Waals surface area (Å²) in [5.74, 6) is -0.296. The van der Waals surface area contributed by atoms with Crippen molar-refractivity contribution in [2.75, 3.05) is 30.3 Å². The Hall–Kier alpha value is -1.71. The molecule has 1 rings (SSSR count). The maximum absolute atomic E-state index is 11.8. The van der Waals surface area contributed by atoms with Gasteiger partial charge in [-0.2, -0.15) is 0 Å². The van der Waals surface area contributed by atoms with Crippen LogP contribution in [0.2, 0.25) is 0 Å². The Morgan fingerprint density at radius 3 is 2.63 bits per heavy atom. The molecular formula is C15H24N2O2. The van der Waals surface area contributed by atoms with Crippen molar-refractivity contribution < 1.29 is 9.53 Å². The average Bonchev–Trinajstić information content (AvgIpc) is 2.41. The van der Waals surface area contributed by atoms with Gasteiger partial charge in [-0.15, -0.1) is 0 Å². The first-order valence-corrected chi connectivity index (χ1v) is 6.95. The van der Waals surface area contributed by atoms with Crippen molar-refractivity contribution in [3.8, 4) is 0 Å². The number of unbranched alkanes of at least 4 members (excludes halogenated alkanes) is 1. The van der Waals surface area contributed by atoms with Crippen LogP contribution in [0.4, 0.5) is 11.4 Å². The zero-order chi connectivity index (χ0) is 14.3. The number of esters is 1. The number of rotatable bonds is 7. The summed E-state index contributed by atoms with van der Waals surface area (Å²) in [4.78, 5) is 13.9. The number of carbonyl (C=O) groups excluding carboxylic acids is 1. The van der Waals surface area contributed by atoms with Crippen LogP contribution in [-0.2, 0) is 4.74 Å². The highest BCUT2D eigenvalue weighted by molar-refractivity contribution is 5.92. The second kappa shape index (κ2) is 7.67. The highest BCUT2D eigenvalue weighted by Gasteiger charge is 2.13. The van der Waals surface area contributed by atoms with Crippen molar-refractivity contribution in [3.63, 3.8) is 0 Å². The molecule has 0 aliphatic heterocycles. The van der Waals surface area contributed by atoms with E-state index in [1.54, 1.807) is 19.1 Å². The number of hydrogen-bond acceptors (Lipinski definition) is 4. The van der Waals surface area contributed by atoms with E-state index in [4.69, 9.17) is 10.5 Å². The van der Waals surface area contributed by atoms with Crippen LogP contribution in [0.5, 0.6) is 0 Å². The van der Waals surface area contributed by atoms with Crippen LogP contribution in [0.1, 0.15) is 44.0 Å². The molecule has 4 nitrogen and oxygen atoms in total. The predicted molar refractivity (Wildman–Crippen MR) is 79.6 cm³/mol. The first-order chi connectivity index (χ1) is 9.13. The number of carbonyl (C=O) groups is 1. The van der Waals surface area contributed by atoms with E-state index in [0.717, 1.165) is 31.6 Å². The third-order valence-corrected chi connectivity index (χ3v) is 3.05. The van der Waals surface area contributed by atoms with Crippen LogP contribution in [0.15, 0.2) is 18.2 Å². The molecule has 19 heavy (non-hydrogen) atoms. The Kier molecular flexibility index (Phi) is 6.19. The van der Waals surface area contributed by atoms with Crippen LogP contribution < -0.4 is 10.6 Å². The van der Waals surface area contributed by atoms with Crippen molar-refractivity contribution in [1.82, 2.24) is 0 Å². The van der Waals surface area contributed by atoms with Crippen molar-refractivity contribution in [3.05, 3.63) is 23.8 Å². The third kappa shape index (κ3) is 4.16. The normalized spacial score (nSPS) is 10.3. The van der Waals surface area contributed by atoms with E-state index in [1.165, 1.54) is 0 Å². The van der Waals surface area contributed by atoms with Crippen LogP contribution in [0, 0.1) is 0 Å². The summed E-state index contributed by atoms with van der Waals surface area (Å²) in [7, 11) is 0. The number of ether oxygens (including phenoxy) is 1. The van der Waals surface area contributed by atoms with E-state index >= 15 is 0 Å². The lowest BCUT2D eigenvalue weighted by molar-refractivity contribution is 0.0526. The molecule has 2 N–H and O–H groups in total. The summed E-state index contributed by atoms with van der Waals surface area (Å²) in [6.07, 6.45) is 2.24. The minimum atomic E-state index is -0.296. The summed E-state index contributed by atoms with van der Waals surface area (Å²) in [6, 6.07) is 5.31. The van der Waals surface area contributed by atoms with Crippen molar-refractivity contribution in [2.24, 2.45) is 0 Å². The Labute approximate surface area is 115 Å². The average molecular weight is 264 g/mol. The molecule has 0 saturated carbocycles. The van der Waals surface area contributed by atoms with Crippen molar-refractivity contribution in [1.29, 1.82) is 0 Å². The number of anilines is 2. The van der Waals surface area contributed by atoms with Gasteiger partial charge in [0.25, 0.3) is 0 Å². The number of nitrogen functional groups attached to an aromatic ring is 1. The minimum Gasteiger partial charge on any atom is -0.462 e. The Bertz CT molecular complexity index is 419. The Morgan fingerprint density at radius 2 is 2.05 bits per heavy atom. The van der Waals surface area contributed by atoms with Crippen LogP contribution >= 0.6 is 0 Å². The number of nitrogens with zero attached hydrogens (tertiary/aromatic N) is 1. The largest absolute Gasteiger partial charge is 0.462 e. The van der Waals surface area contributed by atoms with Gasteiger partial charge in [0.1, 0.15) is 0 Å². The highest BCUT2D eigenvalue weighted by atomic mass is 16.5. The molecule has 106 valence electrons. The smallest absolute Gasteiger partial charge is 0.338 e. The summed E-state index contributed by atoms with van der Waals surface area (Å²) in [5.41, 5.74) is 8.19. The molecule has 1 aromatic carbocycles. The molecule has 0 atom stereocenters. The molecule has 0 aliphatic rings. The van der Waals surface area contributed by atoms with E-state index in [9.17, 15) is 4.79 Å². The molecule has 0 saturated heterocycles. The summed E-state index contributed by atoms with van der Waals surface area (Å²) < 4.78 is 5.02. The SMILES string of the molecule is CCCCN(CC)c1cc(C(=O)OCC)ccc1N. The van der Waals surface area contributed by atoms with Gasteiger partial charge in [-0.25, -0.2) is 4.79 Å². The van der Waals surface area contributed by atoms with Crippen molar-refractivity contribution in [2.45, 2.75) is 33.6 Å². The summed E-state index contributed by atoms with van der Waals surface area (Å²) in [6.45, 7) is 8.25. The monoisotopic (exact) mass is 264 g/mol. The highest BCUT2D eigenvalue weighted by Crippen LogP contribution is 2.25. The second-order valence-corrected chi connectivity index (χ2v) is 4.43. The topological polar surface area (TPSA) is 55.6 Å². The predicted octanol–water partition coefficient (Wildman–Crippen LogP) is 3.07. The molecule has 0 aromatic heterocycles. The number of nitrogens with two attached hydrogens (primary N) is 1. The first-order valence-electron chi connectivity index (χ1n) is 6.95. The summed E-state index contributed by atoms with van der Waals surface area (Å²) >= 11 is 0. The molecule has 0 fully saturated rings. The Morgan fingerprint density at radius 1 is 1.32 bits per heavy atom. The van der Waals surface area contributed by atoms with Crippen LogP contribution in [0.3, 0.4) is 0 Å². The molecule has 0 unspecified atom stereocenters. The second-order valence-electron chi connectivity index (χ2n) is 4.43. The molecule has 0 radical (unpaired) electrons. The minimum absolute atomic E-state index is 0.296. The molecule has 0 aliphatic carbocycles. The zero-order valence-electron chi connectivity index (χ0n) is 12.1. The van der Waals surface area contributed by atoms with Gasteiger partial charge in [-0.05, 0) is 38.5 Å². The van der Waals surface area contributed by atoms with E-state index in [1.807, 2.05) is 6.07 Å². The fourth-order valence-electron chi connectivity index (χ4n) is 1.96. The van der Waals surface area contributed by atoms with Gasteiger partial charge in [-0.3, -0.25) is 0 Å². The number of hydrogen-bond donors (Lipinski definition) is 1. The fraction of sp³-hybridized carbons (Fsp3) is 0.533. The lowest BCUT2D eigenvalue weighted by Crippen LogP contribution is -2.25. The van der Waals surface area contributed by atoms with Crippen LogP contribution in [-0.4, -0.2) is 25.7 Å². The van der Waals surface area contributed by atoms with Crippen molar-refractivity contribution >= 4 is 17.3 Å². The molecular weight excluding hydrogens is 240 g/mol. The van der Waals surface area contributed by atoms with Gasteiger partial charge in [0, 0.05) is 13.1 Å². The van der Waals surface area contributed by atoms with Gasteiger partial charge in [0.2, 0.25) is 0 Å². The van der Waals surface area contributed by atoms with Gasteiger partial charge < -0.3 is 15.4 Å². The maximum Gasteiger partial charge on any atom is 0.338 e. The maximum atomic E-state index is 11.8. The lowest BCUT2D eigenvalue weighted by atomic mass is 10.1.